The first-order valence-corrected chi connectivity index (χ1v) is 17.6. The first kappa shape index (κ1) is 28.0. The zero-order valence-electron chi connectivity index (χ0n) is 25.5. The van der Waals surface area contributed by atoms with Gasteiger partial charge in [0.05, 0.1) is 5.69 Å². The molecule has 0 radical (unpaired) electrons. The zero-order valence-corrected chi connectivity index (χ0v) is 27.1. The predicted octanol–water partition coefficient (Wildman–Crippen LogP) is 13.1. The van der Waals surface area contributed by atoms with Crippen LogP contribution in [0.5, 0.6) is 0 Å². The van der Waals surface area contributed by atoms with Crippen molar-refractivity contribution in [2.24, 2.45) is 0 Å². The summed E-state index contributed by atoms with van der Waals surface area (Å²) in [7, 11) is 0. The number of rotatable bonds is 6. The van der Waals surface area contributed by atoms with E-state index in [0.717, 1.165) is 17.1 Å². The number of hydrogen-bond acceptors (Lipinski definition) is 4. The van der Waals surface area contributed by atoms with Gasteiger partial charge < -0.3 is 10.2 Å². The summed E-state index contributed by atoms with van der Waals surface area (Å²) < 4.78 is 2.61. The van der Waals surface area contributed by atoms with Gasteiger partial charge in [0.2, 0.25) is 0 Å². The average Bonchev–Trinajstić information content (AvgIpc) is 3.73. The van der Waals surface area contributed by atoms with Crippen molar-refractivity contribution in [3.05, 3.63) is 175 Å². The third-order valence-corrected chi connectivity index (χ3v) is 11.3. The van der Waals surface area contributed by atoms with E-state index in [0.29, 0.717) is 0 Å². The number of anilines is 4. The number of hydrogen-bond donors (Lipinski definition) is 1. The van der Waals surface area contributed by atoms with E-state index in [2.05, 4.69) is 180 Å². The van der Waals surface area contributed by atoms with Gasteiger partial charge in [-0.05, 0) is 82.4 Å². The molecule has 1 aliphatic heterocycles. The van der Waals surface area contributed by atoms with Gasteiger partial charge in [-0.15, -0.1) is 11.3 Å². The molecule has 0 amide bonds. The lowest BCUT2D eigenvalue weighted by Crippen LogP contribution is -2.09. The Kier molecular flexibility index (Phi) is 7.03. The van der Waals surface area contributed by atoms with Gasteiger partial charge in [0.1, 0.15) is 5.37 Å². The van der Waals surface area contributed by atoms with E-state index >= 15 is 0 Å². The Hall–Kier alpha value is -5.29. The topological polar surface area (TPSA) is 15.3 Å². The second-order valence-electron chi connectivity index (χ2n) is 11.8. The number of thioether (sulfide) groups is 1. The molecule has 0 saturated heterocycles. The fourth-order valence-electron chi connectivity index (χ4n) is 6.53. The van der Waals surface area contributed by atoms with E-state index in [1.165, 1.54) is 58.6 Å². The van der Waals surface area contributed by atoms with Crippen molar-refractivity contribution in [2.75, 3.05) is 10.2 Å². The van der Waals surface area contributed by atoms with Crippen LogP contribution in [0.1, 0.15) is 10.9 Å². The molecule has 4 heteroatoms. The maximum Gasteiger partial charge on any atom is 0.103 e. The lowest BCUT2D eigenvalue weighted by molar-refractivity contribution is 1.14. The highest BCUT2D eigenvalue weighted by molar-refractivity contribution is 8.00. The Labute approximate surface area is 283 Å². The number of fused-ring (bicyclic) bond motifs is 4. The fraction of sp³-hybridized carbons (Fsp3) is 0.0233. The van der Waals surface area contributed by atoms with Crippen LogP contribution in [-0.2, 0) is 0 Å². The van der Waals surface area contributed by atoms with Crippen LogP contribution in [0.3, 0.4) is 0 Å². The van der Waals surface area contributed by atoms with Crippen LogP contribution < -0.4 is 10.2 Å². The van der Waals surface area contributed by atoms with Gasteiger partial charge in [-0.25, -0.2) is 0 Å². The molecule has 1 N–H and O–H groups in total. The van der Waals surface area contributed by atoms with Crippen LogP contribution >= 0.6 is 23.1 Å². The van der Waals surface area contributed by atoms with Crippen molar-refractivity contribution in [3.63, 3.8) is 0 Å². The lowest BCUT2D eigenvalue weighted by atomic mass is 10.0. The zero-order chi connectivity index (χ0) is 31.2. The van der Waals surface area contributed by atoms with Gasteiger partial charge in [0.15, 0.2) is 0 Å². The van der Waals surface area contributed by atoms with E-state index in [9.17, 15) is 0 Å². The molecule has 2 heterocycles. The van der Waals surface area contributed by atoms with Crippen molar-refractivity contribution in [1.29, 1.82) is 0 Å². The Morgan fingerprint density at radius 3 is 1.55 bits per heavy atom. The van der Waals surface area contributed by atoms with Crippen LogP contribution in [-0.4, -0.2) is 0 Å². The van der Waals surface area contributed by atoms with E-state index < -0.39 is 0 Å². The van der Waals surface area contributed by atoms with Crippen molar-refractivity contribution in [3.8, 4) is 22.3 Å². The van der Waals surface area contributed by atoms with Crippen molar-refractivity contribution < 1.29 is 0 Å². The smallest absolute Gasteiger partial charge is 0.103 e. The molecule has 0 saturated carbocycles. The molecule has 0 fully saturated rings. The van der Waals surface area contributed by atoms with Crippen LogP contribution in [0.4, 0.5) is 22.7 Å². The minimum atomic E-state index is 0.234. The second-order valence-corrected chi connectivity index (χ2v) is 14.1. The first-order chi connectivity index (χ1) is 23.3. The molecule has 1 atom stereocenters. The summed E-state index contributed by atoms with van der Waals surface area (Å²) in [5.74, 6) is 0. The van der Waals surface area contributed by atoms with Gasteiger partial charge in [-0.1, -0.05) is 127 Å². The lowest BCUT2D eigenvalue weighted by Gasteiger charge is -2.26. The standard InChI is InChI=1S/C43H30N2S2/c1-4-10-29(11-5-1)31-16-20-34(21-17-31)45(35-22-18-32(19-23-35)30-12-6-2-7-13-30)36-24-25-40-37(26-36)38-27-42-39(28-41(38)46-40)44-43(47-42)33-14-8-3-9-15-33/h1-28,43-44H. The molecule has 224 valence electrons. The Bertz CT molecular complexity index is 2250. The van der Waals surface area contributed by atoms with Gasteiger partial charge in [-0.3, -0.25) is 0 Å². The highest BCUT2D eigenvalue weighted by Gasteiger charge is 2.24. The van der Waals surface area contributed by atoms with E-state index in [1.807, 2.05) is 23.1 Å². The van der Waals surface area contributed by atoms with Crippen molar-refractivity contribution >= 4 is 66.0 Å². The van der Waals surface area contributed by atoms with Gasteiger partial charge >= 0.3 is 0 Å². The highest BCUT2D eigenvalue weighted by Crippen LogP contribution is 2.50. The summed E-state index contributed by atoms with van der Waals surface area (Å²) >= 11 is 3.77. The molecule has 0 bridgehead atoms. The number of thiophene rings is 1. The van der Waals surface area contributed by atoms with Gasteiger partial charge in [0, 0.05) is 42.1 Å². The maximum atomic E-state index is 3.75. The highest BCUT2D eigenvalue weighted by atomic mass is 32.2. The predicted molar refractivity (Wildman–Crippen MR) is 204 cm³/mol. The molecule has 0 aliphatic carbocycles. The Morgan fingerprint density at radius 2 is 0.957 bits per heavy atom. The molecule has 9 rings (SSSR count). The largest absolute Gasteiger partial charge is 0.368 e. The summed E-state index contributed by atoms with van der Waals surface area (Å²) in [5, 5.41) is 6.59. The van der Waals surface area contributed by atoms with Gasteiger partial charge in [0.25, 0.3) is 0 Å². The van der Waals surface area contributed by atoms with Crippen LogP contribution in [0.2, 0.25) is 0 Å². The minimum absolute atomic E-state index is 0.234. The Morgan fingerprint density at radius 1 is 0.447 bits per heavy atom. The number of benzene rings is 7. The average molecular weight is 639 g/mol. The normalized spacial score (nSPS) is 13.8. The van der Waals surface area contributed by atoms with Crippen LogP contribution in [0.25, 0.3) is 42.4 Å². The molecule has 7 aromatic carbocycles. The summed E-state index contributed by atoms with van der Waals surface area (Å²) in [4.78, 5) is 3.68. The first-order valence-electron chi connectivity index (χ1n) is 15.9. The van der Waals surface area contributed by atoms with Crippen LogP contribution in [0.15, 0.2) is 175 Å². The van der Waals surface area contributed by atoms with E-state index in [1.54, 1.807) is 0 Å². The number of nitrogens with one attached hydrogen (secondary N) is 1. The van der Waals surface area contributed by atoms with E-state index in [-0.39, 0.29) is 5.37 Å². The molecular weight excluding hydrogens is 609 g/mol. The van der Waals surface area contributed by atoms with Gasteiger partial charge in [-0.2, -0.15) is 0 Å². The quantitative estimate of drug-likeness (QED) is 0.195. The number of nitrogens with zero attached hydrogens (tertiary/aromatic N) is 1. The molecule has 1 unspecified atom stereocenters. The second kappa shape index (κ2) is 11.8. The molecule has 2 nitrogen and oxygen atoms in total. The Balaban J connectivity index is 1.13. The van der Waals surface area contributed by atoms with Crippen molar-refractivity contribution in [2.45, 2.75) is 10.3 Å². The molecular formula is C43H30N2S2. The summed E-state index contributed by atoms with van der Waals surface area (Å²) in [6.07, 6.45) is 0. The summed E-state index contributed by atoms with van der Waals surface area (Å²) in [5.41, 5.74) is 10.8. The minimum Gasteiger partial charge on any atom is -0.368 e. The SMILES string of the molecule is c1ccc(-c2ccc(N(c3ccc(-c4ccccc4)cc3)c3ccc4sc5cc6c(cc5c4c3)SC(c3ccccc3)N6)cc2)cc1. The maximum absolute atomic E-state index is 3.75. The molecule has 1 aliphatic rings. The summed E-state index contributed by atoms with van der Waals surface area (Å²) in [6.45, 7) is 0. The molecule has 1 aromatic heterocycles. The third-order valence-electron chi connectivity index (χ3n) is 8.91. The monoisotopic (exact) mass is 638 g/mol. The molecule has 47 heavy (non-hydrogen) atoms. The third kappa shape index (κ3) is 5.26. The van der Waals surface area contributed by atoms with E-state index in [4.69, 9.17) is 0 Å². The van der Waals surface area contributed by atoms with Crippen LogP contribution in [0, 0.1) is 0 Å². The summed E-state index contributed by atoms with van der Waals surface area (Å²) in [6, 6.07) is 61.4. The fourth-order valence-corrected chi connectivity index (χ4v) is 8.80. The van der Waals surface area contributed by atoms with Crippen molar-refractivity contribution in [1.82, 2.24) is 0 Å². The molecule has 8 aromatic rings. The molecule has 0 spiro atoms.